The molecule has 3 nitrogen and oxygen atoms in total. The zero-order valence-electron chi connectivity index (χ0n) is 10.5. The van der Waals surface area contributed by atoms with Crippen LogP contribution in [0, 0.1) is 5.82 Å². The number of benzene rings is 1. The molecule has 1 rings (SSSR count). The van der Waals surface area contributed by atoms with Gasteiger partial charge in [-0.15, -0.1) is 0 Å². The third kappa shape index (κ3) is 4.74. The number of hydrogen-bond donors (Lipinski definition) is 1. The molecule has 100 valence electrons. The summed E-state index contributed by atoms with van der Waals surface area (Å²) in [5, 5.41) is 3.28. The van der Waals surface area contributed by atoms with Crippen LogP contribution in [-0.2, 0) is 9.53 Å². The molecule has 0 aliphatic heterocycles. The fourth-order valence-corrected chi connectivity index (χ4v) is 2.31. The molecule has 1 aromatic carbocycles. The molecule has 0 radical (unpaired) electrons. The van der Waals surface area contributed by atoms with Gasteiger partial charge in [-0.2, -0.15) is 0 Å². The lowest BCUT2D eigenvalue weighted by Crippen LogP contribution is -2.21. The lowest BCUT2D eigenvalue weighted by Gasteiger charge is -2.15. The Balaban J connectivity index is 2.40. The summed E-state index contributed by atoms with van der Waals surface area (Å²) in [6.45, 7) is 2.70. The van der Waals surface area contributed by atoms with Crippen molar-refractivity contribution in [3.8, 4) is 0 Å². The van der Waals surface area contributed by atoms with Gasteiger partial charge in [-0.05, 0) is 37.6 Å². The van der Waals surface area contributed by atoms with Gasteiger partial charge in [0.05, 0.1) is 7.11 Å². The molecule has 0 heterocycles. The van der Waals surface area contributed by atoms with Crippen molar-refractivity contribution in [1.82, 2.24) is 5.32 Å². The molecule has 0 aliphatic carbocycles. The monoisotopic (exact) mass is 317 g/mol. The fourth-order valence-electron chi connectivity index (χ4n) is 1.62. The number of carbonyl (C=O) groups excluding carboxylic acids is 1. The summed E-state index contributed by atoms with van der Waals surface area (Å²) in [4.78, 5) is 10.9. The van der Waals surface area contributed by atoms with Crippen LogP contribution in [0.4, 0.5) is 4.39 Å². The SMILES string of the molecule is COC(=O)CCCNC(C)c1ccc(F)cc1Br. The molecule has 18 heavy (non-hydrogen) atoms. The number of methoxy groups -OCH3 is 1. The Morgan fingerprint density at radius 1 is 1.56 bits per heavy atom. The van der Waals surface area contributed by atoms with Crippen LogP contribution in [0.1, 0.15) is 31.4 Å². The lowest BCUT2D eigenvalue weighted by atomic mass is 10.1. The summed E-state index contributed by atoms with van der Waals surface area (Å²) in [7, 11) is 1.38. The molecule has 0 fully saturated rings. The number of rotatable bonds is 6. The normalized spacial score (nSPS) is 12.2. The van der Waals surface area contributed by atoms with Crippen molar-refractivity contribution in [2.24, 2.45) is 0 Å². The van der Waals surface area contributed by atoms with E-state index in [0.29, 0.717) is 13.0 Å². The molecule has 0 spiro atoms. The molecule has 5 heteroatoms. The van der Waals surface area contributed by atoms with Crippen LogP contribution in [0.15, 0.2) is 22.7 Å². The molecule has 0 bridgehead atoms. The summed E-state index contributed by atoms with van der Waals surface area (Å²) < 4.78 is 18.2. The van der Waals surface area contributed by atoms with Gasteiger partial charge in [-0.25, -0.2) is 4.39 Å². The van der Waals surface area contributed by atoms with Gasteiger partial charge in [-0.1, -0.05) is 22.0 Å². The zero-order chi connectivity index (χ0) is 13.5. The Bertz CT molecular complexity index is 412. The van der Waals surface area contributed by atoms with Crippen molar-refractivity contribution < 1.29 is 13.9 Å². The average Bonchev–Trinajstić information content (AvgIpc) is 2.34. The second-order valence-corrected chi connectivity index (χ2v) is 4.88. The minimum atomic E-state index is -0.261. The van der Waals surface area contributed by atoms with Gasteiger partial charge >= 0.3 is 5.97 Å². The molecule has 1 unspecified atom stereocenters. The Hall–Kier alpha value is -0.940. The van der Waals surface area contributed by atoms with Crippen molar-refractivity contribution in [3.05, 3.63) is 34.1 Å². The average molecular weight is 318 g/mol. The predicted molar refractivity (Wildman–Crippen MR) is 71.8 cm³/mol. The standard InChI is InChI=1S/C13H17BrFNO2/c1-9(16-7-3-4-13(17)18-2)11-6-5-10(15)8-12(11)14/h5-6,8-9,16H,3-4,7H2,1-2H3. The number of hydrogen-bond acceptors (Lipinski definition) is 3. The summed E-state index contributed by atoms with van der Waals surface area (Å²) >= 11 is 3.34. The highest BCUT2D eigenvalue weighted by Gasteiger charge is 2.09. The maximum Gasteiger partial charge on any atom is 0.305 e. The molecular formula is C13H17BrFNO2. The van der Waals surface area contributed by atoms with E-state index in [1.54, 1.807) is 6.07 Å². The Morgan fingerprint density at radius 2 is 2.28 bits per heavy atom. The van der Waals surface area contributed by atoms with E-state index in [-0.39, 0.29) is 17.8 Å². The predicted octanol–water partition coefficient (Wildman–Crippen LogP) is 3.19. The molecule has 1 atom stereocenters. The maximum atomic E-state index is 12.9. The molecule has 1 N–H and O–H groups in total. The number of ether oxygens (including phenoxy) is 1. The van der Waals surface area contributed by atoms with E-state index in [4.69, 9.17) is 0 Å². The van der Waals surface area contributed by atoms with Crippen molar-refractivity contribution in [3.63, 3.8) is 0 Å². The number of halogens is 2. The number of carbonyl (C=O) groups is 1. The van der Waals surface area contributed by atoms with Gasteiger partial charge in [0, 0.05) is 16.9 Å². The third-order valence-corrected chi connectivity index (χ3v) is 3.35. The van der Waals surface area contributed by atoms with Crippen LogP contribution in [-0.4, -0.2) is 19.6 Å². The Kier molecular flexibility index (Phi) is 6.29. The van der Waals surface area contributed by atoms with Gasteiger partial charge in [0.15, 0.2) is 0 Å². The first-order chi connectivity index (χ1) is 8.54. The van der Waals surface area contributed by atoms with E-state index in [1.165, 1.54) is 19.2 Å². The summed E-state index contributed by atoms with van der Waals surface area (Å²) in [5.74, 6) is -0.462. The van der Waals surface area contributed by atoms with E-state index in [2.05, 4.69) is 26.0 Å². The van der Waals surface area contributed by atoms with Crippen molar-refractivity contribution >= 4 is 21.9 Å². The Morgan fingerprint density at radius 3 is 2.89 bits per heavy atom. The van der Waals surface area contributed by atoms with E-state index < -0.39 is 0 Å². The highest BCUT2D eigenvalue weighted by atomic mass is 79.9. The molecule has 0 aromatic heterocycles. The first-order valence-electron chi connectivity index (χ1n) is 5.79. The quantitative estimate of drug-likeness (QED) is 0.647. The maximum absolute atomic E-state index is 12.9. The van der Waals surface area contributed by atoms with E-state index >= 15 is 0 Å². The molecule has 0 saturated heterocycles. The zero-order valence-corrected chi connectivity index (χ0v) is 12.1. The van der Waals surface area contributed by atoms with Crippen LogP contribution < -0.4 is 5.32 Å². The Labute approximate surface area is 115 Å². The van der Waals surface area contributed by atoms with Gasteiger partial charge in [-0.3, -0.25) is 4.79 Å². The fraction of sp³-hybridized carbons (Fsp3) is 0.462. The largest absolute Gasteiger partial charge is 0.469 e. The third-order valence-electron chi connectivity index (χ3n) is 2.66. The van der Waals surface area contributed by atoms with E-state index in [1.807, 2.05) is 6.92 Å². The first kappa shape index (κ1) is 15.1. The summed E-state index contributed by atoms with van der Waals surface area (Å²) in [6.07, 6.45) is 1.12. The lowest BCUT2D eigenvalue weighted by molar-refractivity contribution is -0.140. The number of esters is 1. The summed E-state index contributed by atoms with van der Waals surface area (Å²) in [6, 6.07) is 4.73. The molecule has 0 amide bonds. The number of nitrogens with one attached hydrogen (secondary N) is 1. The van der Waals surface area contributed by atoms with Crippen LogP contribution in [0.5, 0.6) is 0 Å². The second-order valence-electron chi connectivity index (χ2n) is 4.02. The summed E-state index contributed by atoms with van der Waals surface area (Å²) in [5.41, 5.74) is 0.995. The van der Waals surface area contributed by atoms with Gasteiger partial charge in [0.25, 0.3) is 0 Å². The topological polar surface area (TPSA) is 38.3 Å². The molecule has 0 saturated carbocycles. The smallest absolute Gasteiger partial charge is 0.305 e. The van der Waals surface area contributed by atoms with E-state index in [9.17, 15) is 9.18 Å². The van der Waals surface area contributed by atoms with Gasteiger partial charge in [0.1, 0.15) is 5.82 Å². The minimum Gasteiger partial charge on any atom is -0.469 e. The van der Waals surface area contributed by atoms with Crippen molar-refractivity contribution in [2.45, 2.75) is 25.8 Å². The van der Waals surface area contributed by atoms with Crippen LogP contribution >= 0.6 is 15.9 Å². The van der Waals surface area contributed by atoms with Gasteiger partial charge < -0.3 is 10.1 Å². The van der Waals surface area contributed by atoms with Crippen molar-refractivity contribution in [2.75, 3.05) is 13.7 Å². The van der Waals surface area contributed by atoms with Crippen LogP contribution in [0.2, 0.25) is 0 Å². The molecule has 0 aliphatic rings. The van der Waals surface area contributed by atoms with Crippen LogP contribution in [0.25, 0.3) is 0 Å². The highest BCUT2D eigenvalue weighted by molar-refractivity contribution is 9.10. The first-order valence-corrected chi connectivity index (χ1v) is 6.59. The van der Waals surface area contributed by atoms with Crippen molar-refractivity contribution in [1.29, 1.82) is 0 Å². The molecular weight excluding hydrogens is 301 g/mol. The highest BCUT2D eigenvalue weighted by Crippen LogP contribution is 2.24. The van der Waals surface area contributed by atoms with Crippen LogP contribution in [0.3, 0.4) is 0 Å². The second kappa shape index (κ2) is 7.48. The van der Waals surface area contributed by atoms with Gasteiger partial charge in [0.2, 0.25) is 0 Å². The minimum absolute atomic E-state index is 0.0950. The van der Waals surface area contributed by atoms with E-state index in [0.717, 1.165) is 16.5 Å². The molecule has 1 aromatic rings.